The lowest BCUT2D eigenvalue weighted by molar-refractivity contribution is 0.410. The number of hydrogen-bond acceptors (Lipinski definition) is 1. The first-order chi connectivity index (χ1) is 9.31. The van der Waals surface area contributed by atoms with Crippen LogP contribution < -0.4 is 4.74 Å². The largest absolute Gasteiger partial charge is 0.496 e. The summed E-state index contributed by atoms with van der Waals surface area (Å²) < 4.78 is 5.40. The first kappa shape index (κ1) is 12.3. The van der Waals surface area contributed by atoms with Gasteiger partial charge in [0, 0.05) is 0 Å². The van der Waals surface area contributed by atoms with Gasteiger partial charge in [-0.05, 0) is 65.6 Å². The van der Waals surface area contributed by atoms with Crippen molar-refractivity contribution in [2.75, 3.05) is 7.11 Å². The number of ether oxygens (including phenoxy) is 1. The fourth-order valence-corrected chi connectivity index (χ4v) is 2.99. The van der Waals surface area contributed by atoms with Crippen LogP contribution >= 0.6 is 0 Å². The second-order valence-electron chi connectivity index (χ2n) is 5.22. The van der Waals surface area contributed by atoms with Crippen LogP contribution in [0, 0.1) is 0 Å². The number of aryl methyl sites for hydroxylation is 3. The summed E-state index contributed by atoms with van der Waals surface area (Å²) in [6.07, 6.45) is 4.79. The van der Waals surface area contributed by atoms with Crippen LogP contribution in [0.4, 0.5) is 0 Å². The van der Waals surface area contributed by atoms with E-state index in [9.17, 15) is 0 Å². The van der Waals surface area contributed by atoms with E-state index in [1.807, 2.05) is 0 Å². The van der Waals surface area contributed by atoms with Gasteiger partial charge in [-0.15, -0.1) is 0 Å². The fraction of sp³-hybridized carbons (Fsp3) is 0.333. The van der Waals surface area contributed by atoms with E-state index < -0.39 is 0 Å². The maximum absolute atomic E-state index is 5.40. The summed E-state index contributed by atoms with van der Waals surface area (Å²) in [7, 11) is 1.74. The normalized spacial score (nSPS) is 13.4. The van der Waals surface area contributed by atoms with Gasteiger partial charge in [0.25, 0.3) is 0 Å². The highest BCUT2D eigenvalue weighted by Crippen LogP contribution is 2.30. The minimum absolute atomic E-state index is 0.993. The Kier molecular flexibility index (Phi) is 3.29. The van der Waals surface area contributed by atoms with Gasteiger partial charge in [-0.1, -0.05) is 31.2 Å². The third-order valence-electron chi connectivity index (χ3n) is 4.09. The molecule has 0 saturated heterocycles. The van der Waals surface area contributed by atoms with Gasteiger partial charge in [0.15, 0.2) is 0 Å². The standard InChI is InChI=1S/C18H20O/c1-3-13-11-17(9-10-18(13)19-2)16-8-7-14-5-4-6-15(14)12-16/h7-12H,3-6H2,1-2H3. The topological polar surface area (TPSA) is 9.23 Å². The molecule has 0 atom stereocenters. The van der Waals surface area contributed by atoms with Gasteiger partial charge in [-0.25, -0.2) is 0 Å². The van der Waals surface area contributed by atoms with Crippen LogP contribution in [-0.4, -0.2) is 7.11 Å². The van der Waals surface area contributed by atoms with Crippen LogP contribution in [0.15, 0.2) is 36.4 Å². The molecule has 1 heteroatoms. The molecule has 0 aromatic heterocycles. The zero-order chi connectivity index (χ0) is 13.2. The third-order valence-corrected chi connectivity index (χ3v) is 4.09. The SMILES string of the molecule is CCc1cc(-c2ccc3c(c2)CCC3)ccc1OC. The lowest BCUT2D eigenvalue weighted by Crippen LogP contribution is -1.92. The lowest BCUT2D eigenvalue weighted by Gasteiger charge is -2.10. The monoisotopic (exact) mass is 252 g/mol. The first-order valence-corrected chi connectivity index (χ1v) is 7.11. The Morgan fingerprint density at radius 3 is 2.47 bits per heavy atom. The number of rotatable bonds is 3. The molecule has 0 unspecified atom stereocenters. The average Bonchev–Trinajstić information content (AvgIpc) is 2.93. The van der Waals surface area contributed by atoms with E-state index in [1.54, 1.807) is 7.11 Å². The fourth-order valence-electron chi connectivity index (χ4n) is 2.99. The van der Waals surface area contributed by atoms with Crippen molar-refractivity contribution in [2.24, 2.45) is 0 Å². The van der Waals surface area contributed by atoms with Crippen molar-refractivity contribution >= 4 is 0 Å². The zero-order valence-electron chi connectivity index (χ0n) is 11.7. The van der Waals surface area contributed by atoms with E-state index in [-0.39, 0.29) is 0 Å². The molecule has 0 aliphatic heterocycles. The predicted molar refractivity (Wildman–Crippen MR) is 79.8 cm³/mol. The summed E-state index contributed by atoms with van der Waals surface area (Å²) in [6, 6.07) is 13.4. The van der Waals surface area contributed by atoms with Crippen molar-refractivity contribution in [2.45, 2.75) is 32.6 Å². The molecule has 0 fully saturated rings. The van der Waals surface area contributed by atoms with Crippen LogP contribution in [0.5, 0.6) is 5.75 Å². The molecule has 98 valence electrons. The van der Waals surface area contributed by atoms with Crippen LogP contribution in [0.25, 0.3) is 11.1 Å². The van der Waals surface area contributed by atoms with E-state index in [2.05, 4.69) is 43.3 Å². The van der Waals surface area contributed by atoms with E-state index in [1.165, 1.54) is 47.1 Å². The van der Waals surface area contributed by atoms with Crippen molar-refractivity contribution < 1.29 is 4.74 Å². The molecule has 0 spiro atoms. The minimum Gasteiger partial charge on any atom is -0.496 e. The molecular weight excluding hydrogens is 232 g/mol. The third kappa shape index (κ3) is 2.25. The number of benzene rings is 2. The van der Waals surface area contributed by atoms with Crippen LogP contribution in [0.1, 0.15) is 30.0 Å². The minimum atomic E-state index is 0.993. The van der Waals surface area contributed by atoms with E-state index in [4.69, 9.17) is 4.74 Å². The Bertz CT molecular complexity index is 599. The van der Waals surface area contributed by atoms with E-state index >= 15 is 0 Å². The molecule has 3 rings (SSSR count). The molecule has 2 aromatic rings. The number of methoxy groups -OCH3 is 1. The molecule has 1 aliphatic carbocycles. The second-order valence-corrected chi connectivity index (χ2v) is 5.22. The first-order valence-electron chi connectivity index (χ1n) is 7.11. The summed E-state index contributed by atoms with van der Waals surface area (Å²) >= 11 is 0. The highest BCUT2D eigenvalue weighted by molar-refractivity contribution is 5.67. The summed E-state index contributed by atoms with van der Waals surface area (Å²) in [5.74, 6) is 0.993. The van der Waals surface area contributed by atoms with Crippen molar-refractivity contribution in [3.63, 3.8) is 0 Å². The lowest BCUT2D eigenvalue weighted by atomic mass is 9.98. The summed E-state index contributed by atoms with van der Waals surface area (Å²) in [6.45, 7) is 2.17. The van der Waals surface area contributed by atoms with Gasteiger partial charge in [0.2, 0.25) is 0 Å². The molecule has 0 bridgehead atoms. The maximum Gasteiger partial charge on any atom is 0.122 e. The predicted octanol–water partition coefficient (Wildman–Crippen LogP) is 4.41. The average molecular weight is 252 g/mol. The molecule has 0 N–H and O–H groups in total. The maximum atomic E-state index is 5.40. The molecule has 19 heavy (non-hydrogen) atoms. The molecule has 0 amide bonds. The van der Waals surface area contributed by atoms with Gasteiger partial charge in [-0.3, -0.25) is 0 Å². The molecular formula is C18H20O. The van der Waals surface area contributed by atoms with Crippen LogP contribution in [0.3, 0.4) is 0 Å². The van der Waals surface area contributed by atoms with E-state index in [0.29, 0.717) is 0 Å². The van der Waals surface area contributed by atoms with Crippen molar-refractivity contribution in [3.8, 4) is 16.9 Å². The molecule has 1 nitrogen and oxygen atoms in total. The zero-order valence-corrected chi connectivity index (χ0v) is 11.7. The second kappa shape index (κ2) is 5.08. The van der Waals surface area contributed by atoms with Gasteiger partial charge in [0.05, 0.1) is 7.11 Å². The van der Waals surface area contributed by atoms with Crippen LogP contribution in [-0.2, 0) is 19.3 Å². The Hall–Kier alpha value is -1.76. The molecule has 0 saturated carbocycles. The summed E-state index contributed by atoms with van der Waals surface area (Å²) in [4.78, 5) is 0. The van der Waals surface area contributed by atoms with Gasteiger partial charge < -0.3 is 4.74 Å². The summed E-state index contributed by atoms with van der Waals surface area (Å²) in [5, 5.41) is 0. The molecule has 2 aromatic carbocycles. The van der Waals surface area contributed by atoms with E-state index in [0.717, 1.165) is 12.2 Å². The molecule has 0 radical (unpaired) electrons. The van der Waals surface area contributed by atoms with Gasteiger partial charge in [-0.2, -0.15) is 0 Å². The smallest absolute Gasteiger partial charge is 0.122 e. The Balaban J connectivity index is 2.02. The highest BCUT2D eigenvalue weighted by atomic mass is 16.5. The molecule has 1 aliphatic rings. The summed E-state index contributed by atoms with van der Waals surface area (Å²) in [5.41, 5.74) is 6.98. The number of fused-ring (bicyclic) bond motifs is 1. The molecule has 0 heterocycles. The Morgan fingerprint density at radius 1 is 0.947 bits per heavy atom. The van der Waals surface area contributed by atoms with Crippen molar-refractivity contribution in [1.82, 2.24) is 0 Å². The van der Waals surface area contributed by atoms with Crippen molar-refractivity contribution in [3.05, 3.63) is 53.1 Å². The quantitative estimate of drug-likeness (QED) is 0.786. The Morgan fingerprint density at radius 2 is 1.68 bits per heavy atom. The van der Waals surface area contributed by atoms with Gasteiger partial charge >= 0.3 is 0 Å². The number of hydrogen-bond donors (Lipinski definition) is 0. The Labute approximate surface area is 115 Å². The van der Waals surface area contributed by atoms with Crippen LogP contribution in [0.2, 0.25) is 0 Å². The van der Waals surface area contributed by atoms with Gasteiger partial charge in [0.1, 0.15) is 5.75 Å². The highest BCUT2D eigenvalue weighted by Gasteiger charge is 2.12. The van der Waals surface area contributed by atoms with Crippen molar-refractivity contribution in [1.29, 1.82) is 0 Å².